The van der Waals surface area contributed by atoms with Gasteiger partial charge in [-0.2, -0.15) is 4.98 Å². The number of benzene rings is 3. The third kappa shape index (κ3) is 3.63. The molecule has 0 aliphatic carbocycles. The van der Waals surface area contributed by atoms with Gasteiger partial charge in [0.1, 0.15) is 5.82 Å². The van der Waals surface area contributed by atoms with E-state index in [0.29, 0.717) is 21.4 Å². The molecule has 31 heavy (non-hydrogen) atoms. The molecule has 0 amide bonds. The summed E-state index contributed by atoms with van der Waals surface area (Å²) in [5, 5.41) is 6.94. The van der Waals surface area contributed by atoms with E-state index in [-0.39, 0.29) is 15.6 Å². The zero-order valence-electron chi connectivity index (χ0n) is 15.7. The van der Waals surface area contributed by atoms with Gasteiger partial charge in [0.25, 0.3) is 0 Å². The molecule has 0 radical (unpaired) electrons. The highest BCUT2D eigenvalue weighted by Crippen LogP contribution is 2.29. The van der Waals surface area contributed by atoms with Crippen LogP contribution in [0.5, 0.6) is 0 Å². The monoisotopic (exact) mass is 469 g/mol. The molecular weight excluding hydrogens is 457 g/mol. The Bertz CT molecular complexity index is 1490. The van der Waals surface area contributed by atoms with Crippen LogP contribution in [-0.2, 0) is 9.84 Å². The van der Waals surface area contributed by atoms with E-state index in [4.69, 9.17) is 11.6 Å². The van der Waals surface area contributed by atoms with Gasteiger partial charge in [-0.05, 0) is 72.8 Å². The van der Waals surface area contributed by atoms with E-state index >= 15 is 0 Å². The van der Waals surface area contributed by atoms with Crippen LogP contribution in [0.2, 0.25) is 5.02 Å². The summed E-state index contributed by atoms with van der Waals surface area (Å²) in [6.07, 6.45) is 0. The molecule has 0 atom stereocenters. The highest BCUT2D eigenvalue weighted by atomic mass is 35.5. The van der Waals surface area contributed by atoms with Gasteiger partial charge in [0.05, 0.1) is 15.5 Å². The maximum atomic E-state index is 13.2. The van der Waals surface area contributed by atoms with Crippen molar-refractivity contribution in [3.63, 3.8) is 0 Å². The molecule has 5 aromatic rings. The average molecular weight is 470 g/mol. The Balaban J connectivity index is 1.48. The summed E-state index contributed by atoms with van der Waals surface area (Å²) in [6, 6.07) is 18.7. The summed E-state index contributed by atoms with van der Waals surface area (Å²) in [5.74, 6) is 0.175. The van der Waals surface area contributed by atoms with Crippen LogP contribution in [0.15, 0.2) is 88.0 Å². The van der Waals surface area contributed by atoms with Gasteiger partial charge < -0.3 is 0 Å². The largest absolute Gasteiger partial charge is 0.219 e. The third-order valence-electron chi connectivity index (χ3n) is 4.77. The summed E-state index contributed by atoms with van der Waals surface area (Å²) in [7, 11) is -3.65. The molecule has 2 aromatic heterocycles. The molecule has 9 heteroatoms. The Morgan fingerprint density at radius 1 is 0.839 bits per heavy atom. The van der Waals surface area contributed by atoms with E-state index in [1.54, 1.807) is 40.9 Å². The fraction of sp³-hybridized carbons (Fsp3) is 0. The van der Waals surface area contributed by atoms with Crippen molar-refractivity contribution in [2.45, 2.75) is 9.79 Å². The fourth-order valence-electron chi connectivity index (χ4n) is 3.16. The zero-order chi connectivity index (χ0) is 21.6. The van der Waals surface area contributed by atoms with Gasteiger partial charge in [0, 0.05) is 21.5 Å². The second kappa shape index (κ2) is 7.56. The molecule has 3 aromatic carbocycles. The Kier molecular flexibility index (Phi) is 4.85. The van der Waals surface area contributed by atoms with Gasteiger partial charge in [-0.15, -0.1) is 16.4 Å². The quantitative estimate of drug-likeness (QED) is 0.336. The third-order valence-corrected chi connectivity index (χ3v) is 7.62. The molecule has 5 rings (SSSR count). The number of fused-ring (bicyclic) bond motifs is 1. The van der Waals surface area contributed by atoms with E-state index in [1.807, 2.05) is 5.38 Å². The fourth-order valence-corrected chi connectivity index (χ4v) is 5.37. The van der Waals surface area contributed by atoms with E-state index in [0.717, 1.165) is 11.3 Å². The van der Waals surface area contributed by atoms with E-state index in [1.165, 1.54) is 47.7 Å². The van der Waals surface area contributed by atoms with E-state index in [9.17, 15) is 12.8 Å². The van der Waals surface area contributed by atoms with Gasteiger partial charge in [-0.3, -0.25) is 0 Å². The van der Waals surface area contributed by atoms with Crippen LogP contribution in [0.1, 0.15) is 0 Å². The first-order valence-electron chi connectivity index (χ1n) is 9.13. The minimum Gasteiger partial charge on any atom is -0.219 e. The molecule has 154 valence electrons. The molecule has 5 nitrogen and oxygen atoms in total. The van der Waals surface area contributed by atoms with Crippen LogP contribution < -0.4 is 0 Å². The maximum absolute atomic E-state index is 13.2. The predicted molar refractivity (Wildman–Crippen MR) is 119 cm³/mol. The summed E-state index contributed by atoms with van der Waals surface area (Å²) in [5.41, 5.74) is 2.32. The first-order chi connectivity index (χ1) is 14.9. The zero-order valence-corrected chi connectivity index (χ0v) is 18.1. The van der Waals surface area contributed by atoms with Crippen LogP contribution in [-0.4, -0.2) is 23.0 Å². The molecule has 2 heterocycles. The van der Waals surface area contributed by atoms with E-state index < -0.39 is 9.84 Å². The molecule has 0 bridgehead atoms. The van der Waals surface area contributed by atoms with Crippen LogP contribution >= 0.6 is 22.9 Å². The van der Waals surface area contributed by atoms with Crippen molar-refractivity contribution < 1.29 is 12.8 Å². The lowest BCUT2D eigenvalue weighted by atomic mass is 10.2. The molecule has 0 fully saturated rings. The van der Waals surface area contributed by atoms with Crippen molar-refractivity contribution in [2.24, 2.45) is 0 Å². The smallest absolute Gasteiger partial charge is 0.213 e. The van der Waals surface area contributed by atoms with Gasteiger partial charge in [-0.1, -0.05) is 11.6 Å². The lowest BCUT2D eigenvalue weighted by Gasteiger charge is -2.05. The topological polar surface area (TPSA) is 64.3 Å². The molecule has 0 saturated heterocycles. The van der Waals surface area contributed by atoms with Crippen molar-refractivity contribution in [1.29, 1.82) is 0 Å². The minimum atomic E-state index is -3.65. The lowest BCUT2D eigenvalue weighted by Crippen LogP contribution is -2.01. The molecule has 0 aliphatic rings. The lowest BCUT2D eigenvalue weighted by molar-refractivity contribution is 0.596. The minimum absolute atomic E-state index is 0.173. The molecule has 0 saturated carbocycles. The first kappa shape index (κ1) is 19.9. The van der Waals surface area contributed by atoms with Crippen LogP contribution in [0.25, 0.3) is 27.6 Å². The summed E-state index contributed by atoms with van der Waals surface area (Å²) in [4.78, 5) is 5.57. The summed E-state index contributed by atoms with van der Waals surface area (Å²) >= 11 is 7.27. The Hall–Kier alpha value is -3.07. The number of aromatic nitrogens is 3. The number of sulfone groups is 1. The Morgan fingerprint density at radius 2 is 1.42 bits per heavy atom. The standard InChI is InChI=1S/C22H13ClFN3O2S2/c23-16-5-11-19(12-6-16)31(28,29)18-9-3-15(4-10-18)21-25-22-27(26-21)20(13-30-22)14-1-7-17(24)8-2-14/h1-13H. The predicted octanol–water partition coefficient (Wildman–Crippen LogP) is 5.75. The van der Waals surface area contributed by atoms with Gasteiger partial charge in [0.15, 0.2) is 5.82 Å². The number of halogens is 2. The maximum Gasteiger partial charge on any atom is 0.213 e. The number of rotatable bonds is 4. The van der Waals surface area contributed by atoms with Crippen molar-refractivity contribution >= 4 is 37.7 Å². The average Bonchev–Trinajstić information content (AvgIpc) is 3.36. The summed E-state index contributed by atoms with van der Waals surface area (Å²) in [6.45, 7) is 0. The van der Waals surface area contributed by atoms with Crippen LogP contribution in [0, 0.1) is 5.82 Å². The van der Waals surface area contributed by atoms with Crippen molar-refractivity contribution in [3.8, 4) is 22.6 Å². The second-order valence-electron chi connectivity index (χ2n) is 6.74. The number of thiazole rings is 1. The molecular formula is C22H13ClFN3O2S2. The number of nitrogens with zero attached hydrogens (tertiary/aromatic N) is 3. The van der Waals surface area contributed by atoms with Crippen molar-refractivity contribution in [3.05, 3.63) is 89.0 Å². The summed E-state index contributed by atoms with van der Waals surface area (Å²) < 4.78 is 40.6. The molecule has 0 unspecified atom stereocenters. The van der Waals surface area contributed by atoms with Gasteiger partial charge >= 0.3 is 0 Å². The second-order valence-corrected chi connectivity index (χ2v) is 9.96. The molecule has 0 aliphatic heterocycles. The van der Waals surface area contributed by atoms with Crippen LogP contribution in [0.3, 0.4) is 0 Å². The molecule has 0 N–H and O–H groups in total. The number of hydrogen-bond acceptors (Lipinski definition) is 5. The highest BCUT2D eigenvalue weighted by molar-refractivity contribution is 7.91. The number of hydrogen-bond donors (Lipinski definition) is 0. The highest BCUT2D eigenvalue weighted by Gasteiger charge is 2.18. The van der Waals surface area contributed by atoms with Gasteiger partial charge in [-0.25, -0.2) is 17.3 Å². The molecule has 0 spiro atoms. The van der Waals surface area contributed by atoms with Crippen molar-refractivity contribution in [1.82, 2.24) is 14.6 Å². The Labute approximate surface area is 186 Å². The Morgan fingerprint density at radius 3 is 2.06 bits per heavy atom. The SMILES string of the molecule is O=S(=O)(c1ccc(Cl)cc1)c1ccc(-c2nc3scc(-c4ccc(F)cc4)n3n2)cc1. The van der Waals surface area contributed by atoms with E-state index in [2.05, 4.69) is 10.1 Å². The van der Waals surface area contributed by atoms with Crippen molar-refractivity contribution in [2.75, 3.05) is 0 Å². The first-order valence-corrected chi connectivity index (χ1v) is 11.9. The van der Waals surface area contributed by atoms with Crippen LogP contribution in [0.4, 0.5) is 4.39 Å². The normalized spacial score (nSPS) is 11.8. The van der Waals surface area contributed by atoms with Gasteiger partial charge in [0.2, 0.25) is 14.8 Å².